The van der Waals surface area contributed by atoms with Crippen LogP contribution >= 0.6 is 34.8 Å². The lowest BCUT2D eigenvalue weighted by molar-refractivity contribution is -0.386. The van der Waals surface area contributed by atoms with Crippen LogP contribution in [0.5, 0.6) is 0 Å². The average Bonchev–Trinajstić information content (AvgIpc) is 3.35. The quantitative estimate of drug-likeness (QED) is 0.370. The molecule has 1 amide bonds. The van der Waals surface area contributed by atoms with Gasteiger partial charge in [0.1, 0.15) is 5.54 Å². The number of fused-ring (bicyclic) bond motifs is 2. The van der Waals surface area contributed by atoms with E-state index in [4.69, 9.17) is 39.3 Å². The van der Waals surface area contributed by atoms with Crippen molar-refractivity contribution in [2.24, 2.45) is 0 Å². The van der Waals surface area contributed by atoms with Gasteiger partial charge >= 0.3 is 5.69 Å². The zero-order valence-electron chi connectivity index (χ0n) is 17.4. The van der Waals surface area contributed by atoms with Gasteiger partial charge < -0.3 is 9.84 Å². The summed E-state index contributed by atoms with van der Waals surface area (Å²) < 4.78 is 5.58. The van der Waals surface area contributed by atoms with Crippen LogP contribution in [0, 0.1) is 17.0 Å². The molecular weight excluding hydrogens is 491 g/mol. The van der Waals surface area contributed by atoms with Crippen molar-refractivity contribution < 1.29 is 14.2 Å². The zero-order valence-corrected chi connectivity index (χ0v) is 19.7. The van der Waals surface area contributed by atoms with E-state index in [-0.39, 0.29) is 23.0 Å². The number of hydrogen-bond acceptors (Lipinski definition) is 6. The van der Waals surface area contributed by atoms with E-state index in [1.54, 1.807) is 43.4 Å². The molecule has 0 aliphatic carbocycles. The maximum absolute atomic E-state index is 13.7. The monoisotopic (exact) mass is 506 g/mol. The number of carbonyl (C=O) groups excluding carboxylic acids is 1. The van der Waals surface area contributed by atoms with Crippen molar-refractivity contribution in [2.75, 3.05) is 18.9 Å². The van der Waals surface area contributed by atoms with E-state index in [0.29, 0.717) is 38.4 Å². The van der Waals surface area contributed by atoms with Gasteiger partial charge in [-0.25, -0.2) is 0 Å². The van der Waals surface area contributed by atoms with Gasteiger partial charge in [-0.05, 0) is 49.9 Å². The number of rotatable bonds is 3. The summed E-state index contributed by atoms with van der Waals surface area (Å²) in [5.74, 6) is -1.58. The highest BCUT2D eigenvalue weighted by atomic mass is 35.5. The Hall–Kier alpha value is -2.65. The Bertz CT molecular complexity index is 1330. The second-order valence-corrected chi connectivity index (χ2v) is 9.56. The highest BCUT2D eigenvalue weighted by Crippen LogP contribution is 2.61. The molecular formula is C22H17Cl3N4O4. The van der Waals surface area contributed by atoms with Crippen molar-refractivity contribution in [3.63, 3.8) is 0 Å². The molecule has 0 bridgehead atoms. The number of anilines is 1. The van der Waals surface area contributed by atoms with Crippen LogP contribution < -0.4 is 5.32 Å². The van der Waals surface area contributed by atoms with Crippen LogP contribution in [0.25, 0.3) is 0 Å². The van der Waals surface area contributed by atoms with Gasteiger partial charge in [-0.3, -0.25) is 19.8 Å². The molecule has 1 fully saturated rings. The minimum Gasteiger partial charge on any atom is -0.353 e. The maximum atomic E-state index is 13.7. The van der Waals surface area contributed by atoms with E-state index in [0.717, 1.165) is 0 Å². The largest absolute Gasteiger partial charge is 0.353 e. The molecule has 3 atom stereocenters. The summed E-state index contributed by atoms with van der Waals surface area (Å²) in [6.07, 6.45) is 0. The number of likely N-dealkylation sites (N-methyl/N-ethyl adjacent to an activating group) is 1. The molecule has 33 heavy (non-hydrogen) atoms. The van der Waals surface area contributed by atoms with Gasteiger partial charge in [-0.2, -0.15) is 0 Å². The molecule has 3 aromatic rings. The van der Waals surface area contributed by atoms with Gasteiger partial charge in [0.15, 0.2) is 5.69 Å². The summed E-state index contributed by atoms with van der Waals surface area (Å²) in [4.78, 5) is 27.0. The van der Waals surface area contributed by atoms with Crippen molar-refractivity contribution in [3.8, 4) is 0 Å². The first-order valence-electron chi connectivity index (χ1n) is 10.0. The van der Waals surface area contributed by atoms with E-state index >= 15 is 0 Å². The molecule has 2 aliphatic rings. The van der Waals surface area contributed by atoms with Crippen molar-refractivity contribution >= 4 is 52.1 Å². The van der Waals surface area contributed by atoms with E-state index in [9.17, 15) is 14.9 Å². The van der Waals surface area contributed by atoms with Crippen molar-refractivity contribution in [2.45, 2.75) is 24.3 Å². The first-order valence-corrected chi connectivity index (χ1v) is 11.2. The molecule has 0 saturated carbocycles. The SMILES string of the molecule is Cc1noc([C@H]2[C@H](c3ccc(Cl)cc3Cl)CN(C)[C@]23C(=O)Nc2ccc(Cl)cc23)c1[N+](=O)[O-]. The fourth-order valence-electron chi connectivity index (χ4n) is 5.30. The Morgan fingerprint density at radius 3 is 2.61 bits per heavy atom. The number of likely N-dealkylation sites (tertiary alicyclic amines) is 1. The zero-order chi connectivity index (χ0) is 23.7. The highest BCUT2D eigenvalue weighted by molar-refractivity contribution is 6.35. The summed E-state index contributed by atoms with van der Waals surface area (Å²) in [6.45, 7) is 1.86. The lowest BCUT2D eigenvalue weighted by Gasteiger charge is -2.34. The van der Waals surface area contributed by atoms with Gasteiger partial charge in [0.05, 0.1) is 10.8 Å². The second kappa shape index (κ2) is 7.70. The normalized spacial score (nSPS) is 24.3. The Morgan fingerprint density at radius 2 is 1.91 bits per heavy atom. The summed E-state index contributed by atoms with van der Waals surface area (Å²) in [6, 6.07) is 10.2. The third kappa shape index (κ3) is 3.09. The summed E-state index contributed by atoms with van der Waals surface area (Å²) in [5, 5.41) is 20.1. The van der Waals surface area contributed by atoms with Crippen molar-refractivity contribution in [1.29, 1.82) is 0 Å². The predicted molar refractivity (Wildman–Crippen MR) is 124 cm³/mol. The summed E-state index contributed by atoms with van der Waals surface area (Å²) in [5.41, 5.74) is 0.441. The van der Waals surface area contributed by atoms with E-state index < -0.39 is 22.3 Å². The molecule has 8 nitrogen and oxygen atoms in total. The Morgan fingerprint density at radius 1 is 1.21 bits per heavy atom. The average molecular weight is 508 g/mol. The fourth-order valence-corrected chi connectivity index (χ4v) is 6.02. The number of nitrogens with zero attached hydrogens (tertiary/aromatic N) is 3. The fraction of sp³-hybridized carbons (Fsp3) is 0.273. The van der Waals surface area contributed by atoms with Crippen molar-refractivity contribution in [3.05, 3.63) is 84.2 Å². The molecule has 170 valence electrons. The molecule has 5 rings (SSSR count). The predicted octanol–water partition coefficient (Wildman–Crippen LogP) is 5.51. The maximum Gasteiger partial charge on any atom is 0.334 e. The van der Waals surface area contributed by atoms with Gasteiger partial charge in [0.25, 0.3) is 0 Å². The third-order valence-corrected chi connectivity index (χ3v) is 7.39. The van der Waals surface area contributed by atoms with Gasteiger partial charge in [0.2, 0.25) is 11.7 Å². The summed E-state index contributed by atoms with van der Waals surface area (Å²) >= 11 is 19.0. The smallest absolute Gasteiger partial charge is 0.334 e. The number of aromatic nitrogens is 1. The Kier molecular flexibility index (Phi) is 5.17. The van der Waals surface area contributed by atoms with Crippen LogP contribution in [0.3, 0.4) is 0 Å². The number of halogens is 3. The Labute approximate surface area is 203 Å². The first-order chi connectivity index (χ1) is 15.7. The number of amides is 1. The van der Waals surface area contributed by atoms with E-state index in [2.05, 4.69) is 10.5 Å². The number of carbonyl (C=O) groups is 1. The first kappa shape index (κ1) is 22.2. The topological polar surface area (TPSA) is 102 Å². The standard InChI is InChI=1S/C22H17Cl3N4O4/c1-10-19(29(31)32)20(33-27-10)18-14(13-5-3-12(24)8-16(13)25)9-28(2)22(18)15-7-11(23)4-6-17(15)26-21(22)30/h3-8,14,18H,9H2,1-2H3,(H,26,30)/t14-,18+,22-/m0/s1. The summed E-state index contributed by atoms with van der Waals surface area (Å²) in [7, 11) is 1.79. The van der Waals surface area contributed by atoms with E-state index in [1.807, 2.05) is 4.90 Å². The van der Waals surface area contributed by atoms with Crippen LogP contribution in [-0.4, -0.2) is 34.5 Å². The van der Waals surface area contributed by atoms with Crippen LogP contribution in [-0.2, 0) is 10.3 Å². The van der Waals surface area contributed by atoms with Crippen LogP contribution in [0.2, 0.25) is 15.1 Å². The molecule has 3 heterocycles. The molecule has 2 aliphatic heterocycles. The minimum absolute atomic E-state index is 0.0147. The number of nitrogens with one attached hydrogen (secondary N) is 1. The lowest BCUT2D eigenvalue weighted by Crippen LogP contribution is -2.48. The molecule has 11 heteroatoms. The highest BCUT2D eigenvalue weighted by Gasteiger charge is 2.65. The molecule has 0 unspecified atom stereocenters. The third-order valence-electron chi connectivity index (χ3n) is 6.60. The Balaban J connectivity index is 1.83. The number of hydrogen-bond donors (Lipinski definition) is 1. The molecule has 1 aromatic heterocycles. The van der Waals surface area contributed by atoms with Crippen LogP contribution in [0.1, 0.15) is 34.4 Å². The molecule has 0 radical (unpaired) electrons. The number of aryl methyl sites for hydroxylation is 1. The minimum atomic E-state index is -1.33. The van der Waals surface area contributed by atoms with Gasteiger partial charge in [-0.1, -0.05) is 46.0 Å². The molecule has 2 aromatic carbocycles. The molecule has 1 saturated heterocycles. The molecule has 1 N–H and O–H groups in total. The molecule has 1 spiro atoms. The van der Waals surface area contributed by atoms with Crippen LogP contribution in [0.4, 0.5) is 11.4 Å². The van der Waals surface area contributed by atoms with Gasteiger partial charge in [0, 0.05) is 38.8 Å². The van der Waals surface area contributed by atoms with Gasteiger partial charge in [-0.15, -0.1) is 0 Å². The van der Waals surface area contributed by atoms with E-state index in [1.165, 1.54) is 6.92 Å². The number of benzene rings is 2. The van der Waals surface area contributed by atoms with Crippen LogP contribution in [0.15, 0.2) is 40.9 Å². The lowest BCUT2D eigenvalue weighted by atomic mass is 9.72. The number of nitro groups is 1. The van der Waals surface area contributed by atoms with Crippen molar-refractivity contribution in [1.82, 2.24) is 10.1 Å². The second-order valence-electron chi connectivity index (χ2n) is 8.28.